The fourth-order valence-corrected chi connectivity index (χ4v) is 2.59. The molecule has 0 aliphatic heterocycles. The average Bonchev–Trinajstić information content (AvgIpc) is 2.39. The van der Waals surface area contributed by atoms with Crippen LogP contribution in [0.2, 0.25) is 0 Å². The summed E-state index contributed by atoms with van der Waals surface area (Å²) in [7, 11) is 0. The Bertz CT molecular complexity index is 470. The van der Waals surface area contributed by atoms with Gasteiger partial charge in [0.25, 0.3) is 0 Å². The minimum atomic E-state index is -0.468. The van der Waals surface area contributed by atoms with Crippen LogP contribution in [0.4, 0.5) is 11.5 Å². The lowest BCUT2D eigenvalue weighted by atomic mass is 9.82. The van der Waals surface area contributed by atoms with Crippen molar-refractivity contribution in [3.63, 3.8) is 0 Å². The Labute approximate surface area is 112 Å². The van der Waals surface area contributed by atoms with E-state index in [1.807, 2.05) is 0 Å². The van der Waals surface area contributed by atoms with Crippen molar-refractivity contribution in [3.8, 4) is 0 Å². The average molecular weight is 265 g/mol. The van der Waals surface area contributed by atoms with Crippen LogP contribution < -0.4 is 5.32 Å². The van der Waals surface area contributed by atoms with Gasteiger partial charge in [-0.2, -0.15) is 0 Å². The van der Waals surface area contributed by atoms with E-state index in [-0.39, 0.29) is 18.1 Å². The summed E-state index contributed by atoms with van der Waals surface area (Å²) in [6, 6.07) is 3.08. The highest BCUT2D eigenvalue weighted by molar-refractivity contribution is 5.57. The molecule has 0 unspecified atom stereocenters. The maximum atomic E-state index is 11.0. The van der Waals surface area contributed by atoms with E-state index in [0.717, 1.165) is 37.8 Å². The van der Waals surface area contributed by atoms with Crippen molar-refractivity contribution in [2.45, 2.75) is 44.6 Å². The van der Waals surface area contributed by atoms with E-state index in [0.29, 0.717) is 0 Å². The Kier molecular flexibility index (Phi) is 3.99. The molecule has 1 heterocycles. The maximum Gasteiger partial charge on any atom is 0.311 e. The first-order chi connectivity index (χ1) is 9.06. The predicted octanol–water partition coefficient (Wildman–Crippen LogP) is 2.41. The summed E-state index contributed by atoms with van der Waals surface area (Å²) >= 11 is 0. The number of rotatable bonds is 4. The third-order valence-electron chi connectivity index (χ3n) is 3.71. The summed E-state index contributed by atoms with van der Waals surface area (Å²) in [5.74, 6) is 0.265. The number of anilines is 1. The normalized spacial score (nSPS) is 18.0. The van der Waals surface area contributed by atoms with Gasteiger partial charge in [-0.3, -0.25) is 10.1 Å². The van der Waals surface area contributed by atoms with Gasteiger partial charge in [0.2, 0.25) is 5.82 Å². The van der Waals surface area contributed by atoms with E-state index in [4.69, 9.17) is 0 Å². The zero-order valence-electron chi connectivity index (χ0n) is 11.1. The zero-order valence-corrected chi connectivity index (χ0v) is 11.1. The van der Waals surface area contributed by atoms with E-state index in [1.165, 1.54) is 6.07 Å². The maximum absolute atomic E-state index is 11.0. The van der Waals surface area contributed by atoms with Gasteiger partial charge in [0, 0.05) is 11.8 Å². The highest BCUT2D eigenvalue weighted by Crippen LogP contribution is 2.33. The fourth-order valence-electron chi connectivity index (χ4n) is 2.59. The first-order valence-electron chi connectivity index (χ1n) is 6.57. The van der Waals surface area contributed by atoms with Gasteiger partial charge in [-0.25, -0.2) is 4.98 Å². The molecule has 104 valence electrons. The first-order valence-corrected chi connectivity index (χ1v) is 6.57. The molecule has 2 rings (SSSR count). The van der Waals surface area contributed by atoms with Crippen molar-refractivity contribution < 1.29 is 10.0 Å². The Hall–Kier alpha value is -1.69. The Balaban J connectivity index is 2.30. The molecule has 0 atom stereocenters. The second kappa shape index (κ2) is 5.52. The van der Waals surface area contributed by atoms with Gasteiger partial charge in [-0.15, -0.1) is 0 Å². The van der Waals surface area contributed by atoms with Crippen LogP contribution in [-0.2, 0) is 0 Å². The third-order valence-corrected chi connectivity index (χ3v) is 3.71. The lowest BCUT2D eigenvalue weighted by Crippen LogP contribution is -2.44. The van der Waals surface area contributed by atoms with Crippen LogP contribution in [-0.4, -0.2) is 27.2 Å². The van der Waals surface area contributed by atoms with Crippen LogP contribution >= 0.6 is 0 Å². The quantitative estimate of drug-likeness (QED) is 0.644. The molecule has 2 N–H and O–H groups in total. The molecule has 6 heteroatoms. The van der Waals surface area contributed by atoms with Gasteiger partial charge in [-0.05, 0) is 25.8 Å². The van der Waals surface area contributed by atoms with Crippen LogP contribution in [0.3, 0.4) is 0 Å². The molecule has 1 fully saturated rings. The summed E-state index contributed by atoms with van der Waals surface area (Å²) in [6.07, 6.45) is 4.82. The SMILES string of the molecule is Cc1ccc([N+](=O)[O-])c(NC2(CO)CCCCC2)n1. The molecule has 19 heavy (non-hydrogen) atoms. The molecule has 0 bridgehead atoms. The smallest absolute Gasteiger partial charge is 0.311 e. The van der Waals surface area contributed by atoms with Crippen molar-refractivity contribution in [2.24, 2.45) is 0 Å². The number of nitrogens with zero attached hydrogens (tertiary/aromatic N) is 2. The summed E-state index contributed by atoms with van der Waals surface area (Å²) in [5.41, 5.74) is 0.213. The number of pyridine rings is 1. The number of nitrogens with one attached hydrogen (secondary N) is 1. The molecule has 1 saturated carbocycles. The summed E-state index contributed by atoms with van der Waals surface area (Å²) < 4.78 is 0. The number of aromatic nitrogens is 1. The number of hydrogen-bond donors (Lipinski definition) is 2. The largest absolute Gasteiger partial charge is 0.394 e. The molecule has 1 aliphatic rings. The van der Waals surface area contributed by atoms with E-state index in [1.54, 1.807) is 13.0 Å². The lowest BCUT2D eigenvalue weighted by Gasteiger charge is -2.36. The molecule has 6 nitrogen and oxygen atoms in total. The van der Waals surface area contributed by atoms with E-state index in [9.17, 15) is 15.2 Å². The van der Waals surface area contributed by atoms with Gasteiger partial charge in [-0.1, -0.05) is 19.3 Å². The summed E-state index contributed by atoms with van der Waals surface area (Å²) in [4.78, 5) is 14.8. The van der Waals surface area contributed by atoms with Gasteiger partial charge in [0.1, 0.15) is 0 Å². The monoisotopic (exact) mass is 265 g/mol. The highest BCUT2D eigenvalue weighted by Gasteiger charge is 2.33. The molecule has 1 aromatic heterocycles. The molecule has 1 aromatic rings. The van der Waals surface area contributed by atoms with Crippen LogP contribution in [0, 0.1) is 17.0 Å². The number of aryl methyl sites for hydroxylation is 1. The fraction of sp³-hybridized carbons (Fsp3) is 0.615. The van der Waals surface area contributed by atoms with Crippen molar-refractivity contribution in [1.29, 1.82) is 0 Å². The molecule has 0 amide bonds. The van der Waals surface area contributed by atoms with Crippen molar-refractivity contribution in [2.75, 3.05) is 11.9 Å². The molecule has 0 saturated heterocycles. The minimum Gasteiger partial charge on any atom is -0.394 e. The topological polar surface area (TPSA) is 88.3 Å². The Morgan fingerprint density at radius 3 is 2.68 bits per heavy atom. The van der Waals surface area contributed by atoms with Crippen LogP contribution in [0.5, 0.6) is 0 Å². The van der Waals surface area contributed by atoms with Crippen molar-refractivity contribution >= 4 is 11.5 Å². The summed E-state index contributed by atoms with van der Waals surface area (Å²) in [5, 5.41) is 23.8. The standard InChI is InChI=1S/C13H19N3O3/c1-10-5-6-11(16(18)19)12(14-10)15-13(9-17)7-3-2-4-8-13/h5-6,17H,2-4,7-9H2,1H3,(H,14,15). The van der Waals surface area contributed by atoms with Crippen LogP contribution in [0.15, 0.2) is 12.1 Å². The third kappa shape index (κ3) is 3.01. The number of aliphatic hydroxyl groups is 1. The molecule has 0 spiro atoms. The predicted molar refractivity (Wildman–Crippen MR) is 72.2 cm³/mol. The van der Waals surface area contributed by atoms with Gasteiger partial charge in [0.15, 0.2) is 0 Å². The van der Waals surface area contributed by atoms with Crippen molar-refractivity contribution in [1.82, 2.24) is 4.98 Å². The lowest BCUT2D eigenvalue weighted by molar-refractivity contribution is -0.384. The second-order valence-corrected chi connectivity index (χ2v) is 5.20. The van der Waals surface area contributed by atoms with Crippen molar-refractivity contribution in [3.05, 3.63) is 27.9 Å². The van der Waals surface area contributed by atoms with E-state index >= 15 is 0 Å². The first kappa shape index (κ1) is 13.7. The molecule has 0 aromatic carbocycles. The van der Waals surface area contributed by atoms with E-state index < -0.39 is 10.5 Å². The Morgan fingerprint density at radius 2 is 2.11 bits per heavy atom. The molecule has 0 radical (unpaired) electrons. The van der Waals surface area contributed by atoms with Gasteiger partial charge in [0.05, 0.1) is 17.1 Å². The Morgan fingerprint density at radius 1 is 1.42 bits per heavy atom. The number of aliphatic hydroxyl groups excluding tert-OH is 1. The molecular formula is C13H19N3O3. The van der Waals surface area contributed by atoms with Gasteiger partial charge < -0.3 is 10.4 Å². The zero-order chi connectivity index (χ0) is 13.9. The number of nitro groups is 1. The van der Waals surface area contributed by atoms with Gasteiger partial charge >= 0.3 is 5.69 Å². The molecule has 1 aliphatic carbocycles. The van der Waals surface area contributed by atoms with Crippen LogP contribution in [0.25, 0.3) is 0 Å². The summed E-state index contributed by atoms with van der Waals surface area (Å²) in [6.45, 7) is 1.77. The second-order valence-electron chi connectivity index (χ2n) is 5.20. The van der Waals surface area contributed by atoms with E-state index in [2.05, 4.69) is 10.3 Å². The highest BCUT2D eigenvalue weighted by atomic mass is 16.6. The number of hydrogen-bond acceptors (Lipinski definition) is 5. The minimum absolute atomic E-state index is 0.0280. The van der Waals surface area contributed by atoms with Crippen LogP contribution in [0.1, 0.15) is 37.8 Å². The molecular weight excluding hydrogens is 246 g/mol.